The monoisotopic (exact) mass is 309 g/mol. The van der Waals surface area contributed by atoms with E-state index < -0.39 is 0 Å². The van der Waals surface area contributed by atoms with Gasteiger partial charge in [0.2, 0.25) is 0 Å². The highest BCUT2D eigenvalue weighted by atomic mass is 16.3. The van der Waals surface area contributed by atoms with Crippen LogP contribution >= 0.6 is 0 Å². The van der Waals surface area contributed by atoms with Gasteiger partial charge >= 0.3 is 0 Å². The minimum Gasteiger partial charge on any atom is -0.467 e. The van der Waals surface area contributed by atoms with Crippen LogP contribution in [0.3, 0.4) is 0 Å². The van der Waals surface area contributed by atoms with Gasteiger partial charge in [-0.3, -0.25) is 4.79 Å². The summed E-state index contributed by atoms with van der Waals surface area (Å²) in [5.41, 5.74) is 1.88. The van der Waals surface area contributed by atoms with Gasteiger partial charge in [0.1, 0.15) is 11.5 Å². The number of benzene rings is 1. The van der Waals surface area contributed by atoms with Crippen LogP contribution in [0.4, 0.5) is 0 Å². The van der Waals surface area contributed by atoms with Crippen molar-refractivity contribution < 1.29 is 13.6 Å². The number of nitrogens with zero attached hydrogens (tertiary/aromatic N) is 1. The smallest absolute Gasteiger partial charge is 0.254 e. The molecule has 3 aromatic rings. The number of amides is 1. The Labute approximate surface area is 135 Å². The van der Waals surface area contributed by atoms with Crippen molar-refractivity contribution in [1.29, 1.82) is 0 Å². The molecule has 4 nitrogen and oxygen atoms in total. The molecule has 0 saturated carbocycles. The number of furan rings is 2. The molecule has 0 aliphatic heterocycles. The predicted octanol–water partition coefficient (Wildman–Crippen LogP) is 4.28. The van der Waals surface area contributed by atoms with E-state index in [1.807, 2.05) is 48.5 Å². The number of aryl methyl sites for hydroxylation is 1. The molecule has 0 aliphatic rings. The van der Waals surface area contributed by atoms with Crippen LogP contribution in [0.25, 0.3) is 0 Å². The van der Waals surface area contributed by atoms with Crippen molar-refractivity contribution in [2.24, 2.45) is 0 Å². The molecule has 23 heavy (non-hydrogen) atoms. The molecule has 2 aromatic heterocycles. The summed E-state index contributed by atoms with van der Waals surface area (Å²) < 4.78 is 10.8. The number of rotatable bonds is 6. The van der Waals surface area contributed by atoms with E-state index in [0.29, 0.717) is 18.7 Å². The lowest BCUT2D eigenvalue weighted by molar-refractivity contribution is 0.0705. The fourth-order valence-corrected chi connectivity index (χ4v) is 2.45. The highest BCUT2D eigenvalue weighted by molar-refractivity contribution is 5.94. The first-order valence-corrected chi connectivity index (χ1v) is 7.69. The highest BCUT2D eigenvalue weighted by Crippen LogP contribution is 2.15. The SMILES string of the molecule is CCc1ccc(C(=O)N(Cc2ccco2)Cc2ccco2)cc1. The van der Waals surface area contributed by atoms with Crippen LogP contribution in [-0.4, -0.2) is 10.8 Å². The molecule has 0 fully saturated rings. The lowest BCUT2D eigenvalue weighted by Crippen LogP contribution is -2.29. The minimum absolute atomic E-state index is 0.0412. The van der Waals surface area contributed by atoms with Crippen LogP contribution < -0.4 is 0 Å². The van der Waals surface area contributed by atoms with Crippen molar-refractivity contribution in [3.8, 4) is 0 Å². The third-order valence-electron chi connectivity index (χ3n) is 3.75. The van der Waals surface area contributed by atoms with Gasteiger partial charge in [0.25, 0.3) is 5.91 Å². The van der Waals surface area contributed by atoms with Crippen molar-refractivity contribution in [3.63, 3.8) is 0 Å². The fourth-order valence-electron chi connectivity index (χ4n) is 2.45. The highest BCUT2D eigenvalue weighted by Gasteiger charge is 2.18. The van der Waals surface area contributed by atoms with Gasteiger partial charge in [-0.25, -0.2) is 0 Å². The van der Waals surface area contributed by atoms with E-state index in [-0.39, 0.29) is 5.91 Å². The molecule has 1 amide bonds. The zero-order valence-electron chi connectivity index (χ0n) is 13.1. The first kappa shape index (κ1) is 15.2. The molecular formula is C19H19NO3. The maximum absolute atomic E-state index is 12.8. The molecule has 0 spiro atoms. The third kappa shape index (κ3) is 3.72. The van der Waals surface area contributed by atoms with Crippen molar-refractivity contribution in [2.75, 3.05) is 0 Å². The van der Waals surface area contributed by atoms with E-state index >= 15 is 0 Å². The first-order chi connectivity index (χ1) is 11.3. The summed E-state index contributed by atoms with van der Waals surface area (Å²) >= 11 is 0. The molecule has 0 radical (unpaired) electrons. The van der Waals surface area contributed by atoms with Crippen LogP contribution in [-0.2, 0) is 19.5 Å². The largest absolute Gasteiger partial charge is 0.467 e. The lowest BCUT2D eigenvalue weighted by atomic mass is 10.1. The number of carbonyl (C=O) groups excluding carboxylic acids is 1. The van der Waals surface area contributed by atoms with Gasteiger partial charge in [-0.15, -0.1) is 0 Å². The van der Waals surface area contributed by atoms with E-state index in [0.717, 1.165) is 17.9 Å². The summed E-state index contributed by atoms with van der Waals surface area (Å²) in [4.78, 5) is 14.6. The molecule has 0 aliphatic carbocycles. The average molecular weight is 309 g/mol. The van der Waals surface area contributed by atoms with E-state index in [4.69, 9.17) is 8.83 Å². The van der Waals surface area contributed by atoms with Crippen LogP contribution in [0, 0.1) is 0 Å². The summed E-state index contributed by atoms with van der Waals surface area (Å²) in [5.74, 6) is 1.45. The Morgan fingerprint density at radius 1 is 0.913 bits per heavy atom. The first-order valence-electron chi connectivity index (χ1n) is 7.69. The van der Waals surface area contributed by atoms with Crippen LogP contribution in [0.2, 0.25) is 0 Å². The molecule has 0 bridgehead atoms. The second-order valence-corrected chi connectivity index (χ2v) is 5.37. The second kappa shape index (κ2) is 7.01. The van der Waals surface area contributed by atoms with Crippen molar-refractivity contribution in [1.82, 2.24) is 4.90 Å². The third-order valence-corrected chi connectivity index (χ3v) is 3.75. The summed E-state index contributed by atoms with van der Waals surface area (Å²) in [5, 5.41) is 0. The Hall–Kier alpha value is -2.75. The quantitative estimate of drug-likeness (QED) is 0.683. The molecule has 0 unspecified atom stereocenters. The van der Waals surface area contributed by atoms with Gasteiger partial charge in [0.15, 0.2) is 0 Å². The molecular weight excluding hydrogens is 290 g/mol. The predicted molar refractivity (Wildman–Crippen MR) is 86.8 cm³/mol. The summed E-state index contributed by atoms with van der Waals surface area (Å²) in [7, 11) is 0. The topological polar surface area (TPSA) is 46.6 Å². The van der Waals surface area contributed by atoms with E-state index in [1.165, 1.54) is 5.56 Å². The standard InChI is InChI=1S/C19H19NO3/c1-2-15-7-9-16(10-8-15)19(21)20(13-17-5-3-11-22-17)14-18-6-4-12-23-18/h3-12H,2,13-14H2,1H3. The zero-order chi connectivity index (χ0) is 16.1. The normalized spacial score (nSPS) is 10.7. The van der Waals surface area contributed by atoms with Gasteiger partial charge in [-0.1, -0.05) is 19.1 Å². The van der Waals surface area contributed by atoms with Crippen LogP contribution in [0.5, 0.6) is 0 Å². The molecule has 4 heteroatoms. The Kier molecular flexibility index (Phi) is 4.62. The van der Waals surface area contributed by atoms with E-state index in [9.17, 15) is 4.79 Å². The maximum atomic E-state index is 12.8. The lowest BCUT2D eigenvalue weighted by Gasteiger charge is -2.21. The molecule has 0 saturated heterocycles. The summed E-state index contributed by atoms with van der Waals surface area (Å²) in [6, 6.07) is 15.1. The molecule has 0 N–H and O–H groups in total. The second-order valence-electron chi connectivity index (χ2n) is 5.37. The van der Waals surface area contributed by atoms with Gasteiger partial charge in [0.05, 0.1) is 25.6 Å². The molecule has 118 valence electrons. The molecule has 0 atom stereocenters. The summed E-state index contributed by atoms with van der Waals surface area (Å²) in [6.45, 7) is 2.90. The Morgan fingerprint density at radius 2 is 1.48 bits per heavy atom. The van der Waals surface area contributed by atoms with Gasteiger partial charge in [-0.2, -0.15) is 0 Å². The van der Waals surface area contributed by atoms with Crippen molar-refractivity contribution >= 4 is 5.91 Å². The number of carbonyl (C=O) groups is 1. The van der Waals surface area contributed by atoms with Crippen LogP contribution in [0.15, 0.2) is 69.9 Å². The summed E-state index contributed by atoms with van der Waals surface area (Å²) in [6.07, 6.45) is 4.18. The zero-order valence-corrected chi connectivity index (χ0v) is 13.1. The van der Waals surface area contributed by atoms with E-state index in [2.05, 4.69) is 6.92 Å². The fraction of sp³-hybridized carbons (Fsp3) is 0.211. The number of hydrogen-bond acceptors (Lipinski definition) is 3. The molecule has 3 rings (SSSR count). The van der Waals surface area contributed by atoms with Gasteiger partial charge in [-0.05, 0) is 48.4 Å². The Morgan fingerprint density at radius 3 is 1.91 bits per heavy atom. The van der Waals surface area contributed by atoms with Gasteiger partial charge < -0.3 is 13.7 Å². The van der Waals surface area contributed by atoms with Crippen molar-refractivity contribution in [3.05, 3.63) is 83.7 Å². The minimum atomic E-state index is -0.0412. The van der Waals surface area contributed by atoms with Gasteiger partial charge in [0, 0.05) is 5.56 Å². The Bertz CT molecular complexity index is 691. The molecule has 1 aromatic carbocycles. The average Bonchev–Trinajstić information content (AvgIpc) is 3.27. The number of hydrogen-bond donors (Lipinski definition) is 0. The van der Waals surface area contributed by atoms with Crippen molar-refractivity contribution in [2.45, 2.75) is 26.4 Å². The molecule has 2 heterocycles. The van der Waals surface area contributed by atoms with E-state index in [1.54, 1.807) is 17.4 Å². The Balaban J connectivity index is 1.81. The maximum Gasteiger partial charge on any atom is 0.254 e. The van der Waals surface area contributed by atoms with Crippen LogP contribution in [0.1, 0.15) is 34.4 Å².